The van der Waals surface area contributed by atoms with Crippen molar-refractivity contribution in [1.29, 1.82) is 0 Å². The molecule has 1 aromatic heterocycles. The van der Waals surface area contributed by atoms with Gasteiger partial charge in [-0.05, 0) is 30.3 Å². The molecule has 29 heavy (non-hydrogen) atoms. The molecule has 0 saturated carbocycles. The fraction of sp³-hybridized carbons (Fsp3) is 0.190. The van der Waals surface area contributed by atoms with E-state index in [-0.39, 0.29) is 5.91 Å². The van der Waals surface area contributed by atoms with E-state index in [0.717, 1.165) is 32.0 Å². The third-order valence-electron chi connectivity index (χ3n) is 4.79. The van der Waals surface area contributed by atoms with Crippen LogP contribution in [0.5, 0.6) is 0 Å². The average molecular weight is 428 g/mol. The van der Waals surface area contributed by atoms with E-state index in [1.807, 2.05) is 18.2 Å². The second-order valence-corrected chi connectivity index (χ2v) is 7.49. The van der Waals surface area contributed by atoms with Gasteiger partial charge in [0.05, 0.1) is 10.6 Å². The van der Waals surface area contributed by atoms with Crippen molar-refractivity contribution in [2.45, 2.75) is 0 Å². The zero-order chi connectivity index (χ0) is 20.2. The molecular weight excluding hydrogens is 409 g/mol. The van der Waals surface area contributed by atoms with Gasteiger partial charge in [-0.1, -0.05) is 41.4 Å². The highest BCUT2D eigenvalue weighted by Crippen LogP contribution is 2.23. The second-order valence-electron chi connectivity index (χ2n) is 6.65. The number of carbonyl (C=O) groups excluding carboxylic acids is 1. The van der Waals surface area contributed by atoms with Gasteiger partial charge in [-0.2, -0.15) is 0 Å². The fourth-order valence-corrected chi connectivity index (χ4v) is 3.65. The summed E-state index contributed by atoms with van der Waals surface area (Å²) in [5.41, 5.74) is 1.52. The Hall–Kier alpha value is -2.83. The number of piperazine rings is 1. The first-order valence-corrected chi connectivity index (χ1v) is 9.99. The summed E-state index contributed by atoms with van der Waals surface area (Å²) in [6.07, 6.45) is 1.45. The van der Waals surface area contributed by atoms with E-state index in [4.69, 9.17) is 23.2 Å². The van der Waals surface area contributed by atoms with Crippen LogP contribution in [-0.4, -0.2) is 42.1 Å². The standard InChI is InChI=1S/C21H19Cl2N5O/c22-15-6-7-18(23)17(12-15)21(29)26-19-13-20(25-14-24-19)28-10-8-27(9-11-28)16-4-2-1-3-5-16/h1-7,12-14H,8-11H2,(H,24,25,26,29). The van der Waals surface area contributed by atoms with Crippen molar-refractivity contribution in [3.63, 3.8) is 0 Å². The zero-order valence-corrected chi connectivity index (χ0v) is 17.1. The number of aromatic nitrogens is 2. The predicted molar refractivity (Wildman–Crippen MR) is 117 cm³/mol. The molecule has 1 aliphatic rings. The smallest absolute Gasteiger partial charge is 0.258 e. The van der Waals surface area contributed by atoms with E-state index < -0.39 is 0 Å². The Bertz CT molecular complexity index is 1010. The van der Waals surface area contributed by atoms with Gasteiger partial charge >= 0.3 is 0 Å². The number of hydrogen-bond donors (Lipinski definition) is 1. The average Bonchev–Trinajstić information content (AvgIpc) is 2.76. The van der Waals surface area contributed by atoms with Crippen LogP contribution in [0.4, 0.5) is 17.3 Å². The molecule has 1 aliphatic heterocycles. The van der Waals surface area contributed by atoms with Crippen LogP contribution in [0, 0.1) is 0 Å². The minimum absolute atomic E-state index is 0.302. The molecule has 0 radical (unpaired) electrons. The molecule has 3 aromatic rings. The van der Waals surface area contributed by atoms with E-state index in [1.165, 1.54) is 18.1 Å². The van der Waals surface area contributed by atoms with Crippen molar-refractivity contribution in [2.75, 3.05) is 41.3 Å². The van der Waals surface area contributed by atoms with Gasteiger partial charge in [0.25, 0.3) is 5.91 Å². The Morgan fingerprint density at radius 2 is 1.62 bits per heavy atom. The maximum Gasteiger partial charge on any atom is 0.258 e. The molecule has 0 atom stereocenters. The molecular formula is C21H19Cl2N5O. The second kappa shape index (κ2) is 8.68. The van der Waals surface area contributed by atoms with Gasteiger partial charge < -0.3 is 15.1 Å². The molecule has 1 fully saturated rings. The SMILES string of the molecule is O=C(Nc1cc(N2CCN(c3ccccc3)CC2)ncn1)c1cc(Cl)ccc1Cl. The van der Waals surface area contributed by atoms with Crippen LogP contribution in [0.15, 0.2) is 60.9 Å². The molecule has 1 N–H and O–H groups in total. The van der Waals surface area contributed by atoms with E-state index in [1.54, 1.807) is 18.2 Å². The largest absolute Gasteiger partial charge is 0.368 e. The molecule has 2 aromatic carbocycles. The van der Waals surface area contributed by atoms with Gasteiger partial charge in [0.1, 0.15) is 18.0 Å². The van der Waals surface area contributed by atoms with Crippen LogP contribution in [0.2, 0.25) is 10.0 Å². The van der Waals surface area contributed by atoms with E-state index >= 15 is 0 Å². The lowest BCUT2D eigenvalue weighted by molar-refractivity contribution is 0.102. The van der Waals surface area contributed by atoms with Crippen molar-refractivity contribution >= 4 is 46.4 Å². The first kappa shape index (κ1) is 19.5. The lowest BCUT2D eigenvalue weighted by Crippen LogP contribution is -2.46. The summed E-state index contributed by atoms with van der Waals surface area (Å²) >= 11 is 12.1. The number of para-hydroxylation sites is 1. The topological polar surface area (TPSA) is 61.4 Å². The molecule has 0 aliphatic carbocycles. The van der Waals surface area contributed by atoms with Crippen molar-refractivity contribution in [1.82, 2.24) is 9.97 Å². The summed E-state index contributed by atoms with van der Waals surface area (Å²) in [7, 11) is 0. The molecule has 1 saturated heterocycles. The third-order valence-corrected chi connectivity index (χ3v) is 5.36. The lowest BCUT2D eigenvalue weighted by Gasteiger charge is -2.36. The number of carbonyl (C=O) groups is 1. The molecule has 148 valence electrons. The number of amides is 1. The number of hydrogen-bond acceptors (Lipinski definition) is 5. The molecule has 6 nitrogen and oxygen atoms in total. The van der Waals surface area contributed by atoms with Crippen LogP contribution in [0.3, 0.4) is 0 Å². The van der Waals surface area contributed by atoms with E-state index in [9.17, 15) is 4.79 Å². The Morgan fingerprint density at radius 3 is 2.38 bits per heavy atom. The first-order chi connectivity index (χ1) is 14.1. The normalized spacial score (nSPS) is 14.0. The van der Waals surface area contributed by atoms with Crippen LogP contribution < -0.4 is 15.1 Å². The van der Waals surface area contributed by atoms with Gasteiger partial charge in [-0.25, -0.2) is 9.97 Å². The Labute approximate surface area is 179 Å². The van der Waals surface area contributed by atoms with Crippen molar-refractivity contribution < 1.29 is 4.79 Å². The highest BCUT2D eigenvalue weighted by molar-refractivity contribution is 6.36. The first-order valence-electron chi connectivity index (χ1n) is 9.23. The Balaban J connectivity index is 1.43. The van der Waals surface area contributed by atoms with Gasteiger partial charge in [0, 0.05) is 43.0 Å². The summed E-state index contributed by atoms with van der Waals surface area (Å²) in [6.45, 7) is 3.46. The quantitative estimate of drug-likeness (QED) is 0.669. The summed E-state index contributed by atoms with van der Waals surface area (Å²) in [5.74, 6) is 0.831. The summed E-state index contributed by atoms with van der Waals surface area (Å²) in [6, 6.07) is 16.9. The molecule has 1 amide bonds. The van der Waals surface area contributed by atoms with E-state index in [2.05, 4.69) is 37.2 Å². The monoisotopic (exact) mass is 427 g/mol. The zero-order valence-electron chi connectivity index (χ0n) is 15.6. The number of nitrogens with one attached hydrogen (secondary N) is 1. The molecule has 0 unspecified atom stereocenters. The van der Waals surface area contributed by atoms with Crippen LogP contribution in [0.25, 0.3) is 0 Å². The third kappa shape index (κ3) is 4.60. The number of anilines is 3. The predicted octanol–water partition coefficient (Wildman–Crippen LogP) is 4.36. The molecule has 0 bridgehead atoms. The van der Waals surface area contributed by atoms with Gasteiger partial charge in [-0.15, -0.1) is 0 Å². The van der Waals surface area contributed by atoms with Crippen LogP contribution >= 0.6 is 23.2 Å². The number of nitrogens with zero attached hydrogens (tertiary/aromatic N) is 4. The van der Waals surface area contributed by atoms with Gasteiger partial charge in [0.15, 0.2) is 0 Å². The van der Waals surface area contributed by atoms with Gasteiger partial charge in [0.2, 0.25) is 0 Å². The van der Waals surface area contributed by atoms with Crippen molar-refractivity contribution in [3.8, 4) is 0 Å². The number of rotatable bonds is 4. The molecule has 2 heterocycles. The lowest BCUT2D eigenvalue weighted by atomic mass is 10.2. The van der Waals surface area contributed by atoms with E-state index in [0.29, 0.717) is 21.4 Å². The van der Waals surface area contributed by atoms with Crippen molar-refractivity contribution in [2.24, 2.45) is 0 Å². The highest BCUT2D eigenvalue weighted by Gasteiger charge is 2.19. The summed E-state index contributed by atoms with van der Waals surface area (Å²) < 4.78 is 0. The maximum atomic E-state index is 12.5. The number of benzene rings is 2. The molecule has 4 rings (SSSR count). The van der Waals surface area contributed by atoms with Crippen LogP contribution in [0.1, 0.15) is 10.4 Å². The number of halogens is 2. The summed E-state index contributed by atoms with van der Waals surface area (Å²) in [4.78, 5) is 25.6. The summed E-state index contributed by atoms with van der Waals surface area (Å²) in [5, 5.41) is 3.55. The maximum absolute atomic E-state index is 12.5. The Kier molecular flexibility index (Phi) is 5.83. The molecule has 0 spiro atoms. The minimum atomic E-state index is -0.365. The minimum Gasteiger partial charge on any atom is -0.368 e. The highest BCUT2D eigenvalue weighted by atomic mass is 35.5. The van der Waals surface area contributed by atoms with Gasteiger partial charge in [-0.3, -0.25) is 4.79 Å². The molecule has 8 heteroatoms. The fourth-order valence-electron chi connectivity index (χ4n) is 3.28. The van der Waals surface area contributed by atoms with Crippen LogP contribution in [-0.2, 0) is 0 Å². The van der Waals surface area contributed by atoms with Crippen molar-refractivity contribution in [3.05, 3.63) is 76.5 Å². The Morgan fingerprint density at radius 1 is 0.897 bits per heavy atom.